The maximum absolute atomic E-state index is 8.97. The summed E-state index contributed by atoms with van der Waals surface area (Å²) in [5.41, 5.74) is 1.25. The quantitative estimate of drug-likeness (QED) is 0.863. The predicted octanol–water partition coefficient (Wildman–Crippen LogP) is 1.62. The van der Waals surface area contributed by atoms with E-state index in [0.717, 1.165) is 12.3 Å². The van der Waals surface area contributed by atoms with E-state index in [2.05, 4.69) is 24.0 Å². The maximum atomic E-state index is 8.97. The zero-order valence-electron chi connectivity index (χ0n) is 11.0. The van der Waals surface area contributed by atoms with Gasteiger partial charge in [0.05, 0.1) is 13.2 Å². The van der Waals surface area contributed by atoms with Gasteiger partial charge < -0.3 is 14.6 Å². The Kier molecular flexibility index (Phi) is 4.58. The Labute approximate surface area is 108 Å². The minimum Gasteiger partial charge on any atom is -0.497 e. The fourth-order valence-electron chi connectivity index (χ4n) is 2.29. The van der Waals surface area contributed by atoms with Gasteiger partial charge in [-0.25, -0.2) is 0 Å². The molecule has 1 aromatic rings. The lowest BCUT2D eigenvalue weighted by Crippen LogP contribution is -2.32. The van der Waals surface area contributed by atoms with E-state index in [0.29, 0.717) is 19.2 Å². The van der Waals surface area contributed by atoms with Gasteiger partial charge in [-0.15, -0.1) is 0 Å². The molecule has 1 saturated heterocycles. The lowest BCUT2D eigenvalue weighted by molar-refractivity contribution is 0.0705. The second kappa shape index (κ2) is 6.18. The maximum Gasteiger partial charge on any atom is 0.118 e. The van der Waals surface area contributed by atoms with Crippen LogP contribution in [0.2, 0.25) is 0 Å². The van der Waals surface area contributed by atoms with Gasteiger partial charge >= 0.3 is 0 Å². The zero-order valence-corrected chi connectivity index (χ0v) is 11.0. The minimum absolute atomic E-state index is 0.147. The highest BCUT2D eigenvalue weighted by atomic mass is 16.5. The zero-order chi connectivity index (χ0) is 13.0. The molecule has 0 bridgehead atoms. The minimum atomic E-state index is 0.147. The summed E-state index contributed by atoms with van der Waals surface area (Å²) in [7, 11) is 1.67. The fourth-order valence-corrected chi connectivity index (χ4v) is 2.29. The Balaban J connectivity index is 1.93. The average Bonchev–Trinajstić information content (AvgIpc) is 2.73. The number of rotatable bonds is 5. The van der Waals surface area contributed by atoms with Gasteiger partial charge in [0, 0.05) is 19.2 Å². The molecule has 0 radical (unpaired) electrons. The Bertz CT molecular complexity index is 366. The summed E-state index contributed by atoms with van der Waals surface area (Å²) in [5, 5.41) is 8.97. The van der Waals surface area contributed by atoms with Crippen LogP contribution in [-0.2, 0) is 11.3 Å². The number of ether oxygens (including phenoxy) is 2. The summed E-state index contributed by atoms with van der Waals surface area (Å²) in [4.78, 5) is 2.28. The smallest absolute Gasteiger partial charge is 0.118 e. The molecule has 2 atom stereocenters. The van der Waals surface area contributed by atoms with Crippen LogP contribution in [0.25, 0.3) is 0 Å². The Morgan fingerprint density at radius 2 is 2.11 bits per heavy atom. The highest BCUT2D eigenvalue weighted by Gasteiger charge is 2.30. The molecule has 1 N–H and O–H groups in total. The van der Waals surface area contributed by atoms with Crippen molar-refractivity contribution < 1.29 is 14.6 Å². The Morgan fingerprint density at radius 1 is 1.39 bits per heavy atom. The van der Waals surface area contributed by atoms with E-state index in [4.69, 9.17) is 14.6 Å². The molecule has 1 aliphatic heterocycles. The van der Waals surface area contributed by atoms with Gasteiger partial charge in [-0.05, 0) is 31.0 Å². The molecule has 0 aromatic heterocycles. The van der Waals surface area contributed by atoms with Gasteiger partial charge in [-0.2, -0.15) is 0 Å². The van der Waals surface area contributed by atoms with Crippen LogP contribution in [0, 0.1) is 0 Å². The number of aliphatic hydroxyl groups is 1. The summed E-state index contributed by atoms with van der Waals surface area (Å²) in [6.07, 6.45) is 0.855. The molecule has 1 fully saturated rings. The van der Waals surface area contributed by atoms with Gasteiger partial charge in [-0.1, -0.05) is 12.1 Å². The van der Waals surface area contributed by atoms with E-state index in [1.54, 1.807) is 7.11 Å². The van der Waals surface area contributed by atoms with Crippen molar-refractivity contribution in [3.63, 3.8) is 0 Å². The molecular formula is C14H21NO3. The van der Waals surface area contributed by atoms with Crippen LogP contribution in [0.3, 0.4) is 0 Å². The molecule has 1 aromatic carbocycles. The first-order valence-corrected chi connectivity index (χ1v) is 6.34. The van der Waals surface area contributed by atoms with Gasteiger partial charge in [0.15, 0.2) is 0 Å². The fraction of sp³-hybridized carbons (Fsp3) is 0.571. The molecule has 4 heteroatoms. The van der Waals surface area contributed by atoms with Crippen molar-refractivity contribution in [1.82, 2.24) is 4.90 Å². The monoisotopic (exact) mass is 251 g/mol. The van der Waals surface area contributed by atoms with Gasteiger partial charge in [0.25, 0.3) is 0 Å². The van der Waals surface area contributed by atoms with Crippen molar-refractivity contribution in [3.05, 3.63) is 29.8 Å². The number of aliphatic hydroxyl groups excluding tert-OH is 1. The summed E-state index contributed by atoms with van der Waals surface area (Å²) in [6, 6.07) is 8.44. The lowest BCUT2D eigenvalue weighted by Gasteiger charge is -2.21. The normalized spacial score (nSPS) is 24.4. The average molecular weight is 251 g/mol. The molecular weight excluding hydrogens is 230 g/mol. The molecule has 0 saturated carbocycles. The van der Waals surface area contributed by atoms with Crippen molar-refractivity contribution in [2.45, 2.75) is 32.0 Å². The third kappa shape index (κ3) is 3.02. The van der Waals surface area contributed by atoms with E-state index >= 15 is 0 Å². The highest BCUT2D eigenvalue weighted by molar-refractivity contribution is 5.27. The van der Waals surface area contributed by atoms with Crippen molar-refractivity contribution in [1.29, 1.82) is 0 Å². The van der Waals surface area contributed by atoms with Crippen LogP contribution in [0.1, 0.15) is 18.9 Å². The van der Waals surface area contributed by atoms with E-state index in [9.17, 15) is 0 Å². The number of methoxy groups -OCH3 is 1. The Hall–Kier alpha value is -1.10. The van der Waals surface area contributed by atoms with E-state index in [-0.39, 0.29) is 12.7 Å². The predicted molar refractivity (Wildman–Crippen MR) is 69.4 cm³/mol. The standard InChI is InChI=1S/C14H21NO3/c1-11-14(7-8-16)18-10-15(11)9-12-3-5-13(17-2)6-4-12/h3-6,11,14,16H,7-10H2,1-2H3/t11-,14-/m0/s1. The first-order valence-electron chi connectivity index (χ1n) is 6.34. The van der Waals surface area contributed by atoms with Gasteiger partial charge in [-0.3, -0.25) is 4.90 Å². The Morgan fingerprint density at radius 3 is 2.72 bits per heavy atom. The van der Waals surface area contributed by atoms with Gasteiger partial charge in [0.2, 0.25) is 0 Å². The topological polar surface area (TPSA) is 41.9 Å². The number of hydrogen-bond acceptors (Lipinski definition) is 4. The second-order valence-electron chi connectivity index (χ2n) is 4.68. The van der Waals surface area contributed by atoms with Gasteiger partial charge in [0.1, 0.15) is 12.5 Å². The summed E-state index contributed by atoms with van der Waals surface area (Å²) in [5.74, 6) is 0.877. The van der Waals surface area contributed by atoms with Crippen molar-refractivity contribution in [2.75, 3.05) is 20.4 Å². The van der Waals surface area contributed by atoms with Crippen molar-refractivity contribution >= 4 is 0 Å². The lowest BCUT2D eigenvalue weighted by atomic mass is 10.1. The van der Waals surface area contributed by atoms with Crippen LogP contribution in [0.5, 0.6) is 5.75 Å². The molecule has 2 rings (SSSR count). The molecule has 0 unspecified atom stereocenters. The van der Waals surface area contributed by atoms with Crippen LogP contribution in [0.15, 0.2) is 24.3 Å². The number of hydrogen-bond donors (Lipinski definition) is 1. The van der Waals surface area contributed by atoms with Crippen molar-refractivity contribution in [3.8, 4) is 5.75 Å². The first-order chi connectivity index (χ1) is 8.74. The van der Waals surface area contributed by atoms with Crippen molar-refractivity contribution in [2.24, 2.45) is 0 Å². The molecule has 1 heterocycles. The SMILES string of the molecule is COc1ccc(CN2CO[C@@H](CCO)[C@@H]2C)cc1. The molecule has 0 aliphatic carbocycles. The van der Waals surface area contributed by atoms with Crippen LogP contribution < -0.4 is 4.74 Å². The number of nitrogens with zero attached hydrogens (tertiary/aromatic N) is 1. The third-order valence-electron chi connectivity index (χ3n) is 3.53. The summed E-state index contributed by atoms with van der Waals surface area (Å²) < 4.78 is 10.8. The molecule has 0 spiro atoms. The van der Waals surface area contributed by atoms with E-state index < -0.39 is 0 Å². The van der Waals surface area contributed by atoms with Crippen LogP contribution in [-0.4, -0.2) is 42.6 Å². The first kappa shape index (κ1) is 13.3. The van der Waals surface area contributed by atoms with Crippen LogP contribution in [0.4, 0.5) is 0 Å². The third-order valence-corrected chi connectivity index (χ3v) is 3.53. The largest absolute Gasteiger partial charge is 0.497 e. The van der Waals surface area contributed by atoms with Crippen LogP contribution >= 0.6 is 0 Å². The summed E-state index contributed by atoms with van der Waals surface area (Å²) >= 11 is 0. The van der Waals surface area contributed by atoms with E-state index in [1.807, 2.05) is 12.1 Å². The molecule has 100 valence electrons. The summed E-state index contributed by atoms with van der Waals surface area (Å²) in [6.45, 7) is 3.84. The molecule has 4 nitrogen and oxygen atoms in total. The van der Waals surface area contributed by atoms with E-state index in [1.165, 1.54) is 5.56 Å². The second-order valence-corrected chi connectivity index (χ2v) is 4.68. The molecule has 0 amide bonds. The highest BCUT2D eigenvalue weighted by Crippen LogP contribution is 2.22. The number of benzene rings is 1. The molecule has 18 heavy (non-hydrogen) atoms. The molecule has 1 aliphatic rings.